The van der Waals surface area contributed by atoms with E-state index in [0.717, 1.165) is 5.56 Å². The fourth-order valence-corrected chi connectivity index (χ4v) is 4.51. The van der Waals surface area contributed by atoms with Gasteiger partial charge in [-0.2, -0.15) is 0 Å². The average Bonchev–Trinajstić information content (AvgIpc) is 3.41. The van der Waals surface area contributed by atoms with Crippen molar-refractivity contribution < 1.29 is 17.6 Å². The SMILES string of the molecule is O=S(=O)(Nc1c(-c2ccco2)nc2ccccn12)c1cccc2c1OCC2. The second-order valence-electron chi connectivity index (χ2n) is 6.16. The van der Waals surface area contributed by atoms with Crippen LogP contribution in [0.5, 0.6) is 5.75 Å². The van der Waals surface area contributed by atoms with Crippen LogP contribution < -0.4 is 9.46 Å². The van der Waals surface area contributed by atoms with Crippen LogP contribution in [0, 0.1) is 0 Å². The number of aromatic nitrogens is 2. The van der Waals surface area contributed by atoms with Crippen molar-refractivity contribution in [1.82, 2.24) is 9.38 Å². The monoisotopic (exact) mass is 381 g/mol. The minimum Gasteiger partial charge on any atom is -0.492 e. The molecule has 3 aromatic heterocycles. The summed E-state index contributed by atoms with van der Waals surface area (Å²) in [4.78, 5) is 4.64. The number of nitrogens with zero attached hydrogens (tertiary/aromatic N) is 2. The van der Waals surface area contributed by atoms with E-state index >= 15 is 0 Å². The summed E-state index contributed by atoms with van der Waals surface area (Å²) in [7, 11) is -3.89. The van der Waals surface area contributed by atoms with E-state index in [4.69, 9.17) is 9.15 Å². The van der Waals surface area contributed by atoms with Crippen LogP contribution in [-0.4, -0.2) is 24.4 Å². The molecule has 136 valence electrons. The molecule has 8 heteroatoms. The third-order valence-corrected chi connectivity index (χ3v) is 5.85. The van der Waals surface area contributed by atoms with Crippen LogP contribution in [0.25, 0.3) is 17.1 Å². The van der Waals surface area contributed by atoms with Gasteiger partial charge in [0.15, 0.2) is 11.6 Å². The summed E-state index contributed by atoms with van der Waals surface area (Å²) in [6.45, 7) is 0.481. The second kappa shape index (κ2) is 5.88. The average molecular weight is 381 g/mol. The Morgan fingerprint density at radius 3 is 2.85 bits per heavy atom. The lowest BCUT2D eigenvalue weighted by Gasteiger charge is -2.12. The standard InChI is InChI=1S/C19H15N3O4S/c23-27(24,15-7-3-5-13-9-12-26-18(13)15)21-19-17(14-6-4-11-25-14)20-16-8-1-2-10-22(16)19/h1-8,10-11,21H,9,12H2. The largest absolute Gasteiger partial charge is 0.492 e. The molecular weight excluding hydrogens is 366 g/mol. The third kappa shape index (κ3) is 2.57. The number of anilines is 1. The van der Waals surface area contributed by atoms with Gasteiger partial charge in [0, 0.05) is 12.6 Å². The van der Waals surface area contributed by atoms with Gasteiger partial charge >= 0.3 is 0 Å². The summed E-state index contributed by atoms with van der Waals surface area (Å²) >= 11 is 0. The normalized spacial score (nSPS) is 13.5. The zero-order valence-electron chi connectivity index (χ0n) is 14.1. The number of rotatable bonds is 4. The van der Waals surface area contributed by atoms with E-state index in [9.17, 15) is 8.42 Å². The van der Waals surface area contributed by atoms with E-state index in [1.165, 1.54) is 6.26 Å². The number of benzene rings is 1. The lowest BCUT2D eigenvalue weighted by atomic mass is 10.2. The van der Waals surface area contributed by atoms with Crippen molar-refractivity contribution in [3.8, 4) is 17.2 Å². The maximum absolute atomic E-state index is 13.2. The van der Waals surface area contributed by atoms with E-state index in [1.807, 2.05) is 18.2 Å². The fraction of sp³-hybridized carbons (Fsp3) is 0.105. The van der Waals surface area contributed by atoms with Crippen molar-refractivity contribution in [2.24, 2.45) is 0 Å². The van der Waals surface area contributed by atoms with Crippen molar-refractivity contribution in [2.75, 3.05) is 11.3 Å². The van der Waals surface area contributed by atoms with Gasteiger partial charge in [-0.05, 0) is 35.9 Å². The van der Waals surface area contributed by atoms with Gasteiger partial charge in [-0.3, -0.25) is 9.12 Å². The summed E-state index contributed by atoms with van der Waals surface area (Å²) in [5.41, 5.74) is 1.92. The van der Waals surface area contributed by atoms with E-state index in [-0.39, 0.29) is 4.90 Å². The van der Waals surface area contributed by atoms with E-state index in [1.54, 1.807) is 40.9 Å². The van der Waals surface area contributed by atoms with Crippen molar-refractivity contribution >= 4 is 21.5 Å². The molecule has 0 saturated carbocycles. The van der Waals surface area contributed by atoms with Crippen LogP contribution in [-0.2, 0) is 16.4 Å². The summed E-state index contributed by atoms with van der Waals surface area (Å²) in [5, 5.41) is 0. The molecule has 4 heterocycles. The van der Waals surface area contributed by atoms with Gasteiger partial charge in [-0.25, -0.2) is 13.4 Å². The van der Waals surface area contributed by atoms with E-state index in [0.29, 0.717) is 41.7 Å². The number of para-hydroxylation sites is 1. The van der Waals surface area contributed by atoms with Gasteiger partial charge in [0.2, 0.25) is 0 Å². The van der Waals surface area contributed by atoms with E-state index < -0.39 is 10.0 Å². The molecule has 1 aliphatic heterocycles. The Bertz CT molecular complexity index is 1240. The first kappa shape index (κ1) is 16.0. The molecule has 0 radical (unpaired) electrons. The number of hydrogen-bond acceptors (Lipinski definition) is 5. The second-order valence-corrected chi connectivity index (χ2v) is 7.81. The first-order valence-electron chi connectivity index (χ1n) is 8.42. The molecule has 1 aromatic carbocycles. The topological polar surface area (TPSA) is 85.8 Å². The predicted octanol–water partition coefficient (Wildman–Crippen LogP) is 3.33. The highest BCUT2D eigenvalue weighted by Gasteiger charge is 2.28. The Hall–Kier alpha value is -3.26. The molecule has 0 atom stereocenters. The van der Waals surface area contributed by atoms with Crippen molar-refractivity contribution in [3.63, 3.8) is 0 Å². The fourth-order valence-electron chi connectivity index (χ4n) is 3.26. The lowest BCUT2D eigenvalue weighted by molar-refractivity contribution is 0.348. The molecule has 1 N–H and O–H groups in total. The molecule has 1 aliphatic rings. The Kier molecular flexibility index (Phi) is 3.48. The van der Waals surface area contributed by atoms with Gasteiger partial charge in [0.25, 0.3) is 10.0 Å². The van der Waals surface area contributed by atoms with Gasteiger partial charge in [-0.15, -0.1) is 0 Å². The summed E-state index contributed by atoms with van der Waals surface area (Å²) in [6.07, 6.45) is 3.97. The lowest BCUT2D eigenvalue weighted by Crippen LogP contribution is -2.15. The van der Waals surface area contributed by atoms with Crippen molar-refractivity contribution in [1.29, 1.82) is 0 Å². The molecular formula is C19H15N3O4S. The first-order chi connectivity index (χ1) is 13.1. The maximum atomic E-state index is 13.2. The van der Waals surface area contributed by atoms with Gasteiger partial charge in [0.1, 0.15) is 22.0 Å². The maximum Gasteiger partial charge on any atom is 0.266 e. The number of fused-ring (bicyclic) bond motifs is 2. The highest BCUT2D eigenvalue weighted by Crippen LogP contribution is 2.35. The molecule has 0 aliphatic carbocycles. The van der Waals surface area contributed by atoms with Crippen molar-refractivity contribution in [2.45, 2.75) is 11.3 Å². The number of nitrogens with one attached hydrogen (secondary N) is 1. The van der Waals surface area contributed by atoms with Gasteiger partial charge in [-0.1, -0.05) is 18.2 Å². The van der Waals surface area contributed by atoms with Crippen LogP contribution >= 0.6 is 0 Å². The number of ether oxygens (including phenoxy) is 1. The van der Waals surface area contributed by atoms with Crippen LogP contribution in [0.2, 0.25) is 0 Å². The zero-order valence-corrected chi connectivity index (χ0v) is 14.9. The van der Waals surface area contributed by atoms with Gasteiger partial charge in [0.05, 0.1) is 12.9 Å². The number of pyridine rings is 1. The van der Waals surface area contributed by atoms with Crippen molar-refractivity contribution in [3.05, 3.63) is 66.6 Å². The number of hydrogen-bond donors (Lipinski definition) is 1. The number of furan rings is 1. The number of sulfonamides is 1. The quantitative estimate of drug-likeness (QED) is 0.586. The van der Waals surface area contributed by atoms with Crippen LogP contribution in [0.15, 0.2) is 70.3 Å². The highest BCUT2D eigenvalue weighted by atomic mass is 32.2. The molecule has 7 nitrogen and oxygen atoms in total. The Labute approximate surface area is 155 Å². The molecule has 0 fully saturated rings. The summed E-state index contributed by atoms with van der Waals surface area (Å²) in [6, 6.07) is 14.1. The zero-order chi connectivity index (χ0) is 18.4. The minimum absolute atomic E-state index is 0.119. The minimum atomic E-state index is -3.89. The van der Waals surface area contributed by atoms with Crippen LogP contribution in [0.4, 0.5) is 5.82 Å². The van der Waals surface area contributed by atoms with Gasteiger partial charge < -0.3 is 9.15 Å². The molecule has 5 rings (SSSR count). The first-order valence-corrected chi connectivity index (χ1v) is 9.90. The predicted molar refractivity (Wildman–Crippen MR) is 99.3 cm³/mol. The molecule has 27 heavy (non-hydrogen) atoms. The third-order valence-electron chi connectivity index (χ3n) is 4.48. The summed E-state index contributed by atoms with van der Waals surface area (Å²) in [5.74, 6) is 1.21. The Morgan fingerprint density at radius 2 is 2.00 bits per heavy atom. The molecule has 0 spiro atoms. The molecule has 4 aromatic rings. The highest BCUT2D eigenvalue weighted by molar-refractivity contribution is 7.92. The molecule has 0 unspecified atom stereocenters. The van der Waals surface area contributed by atoms with Crippen LogP contribution in [0.1, 0.15) is 5.56 Å². The summed E-state index contributed by atoms with van der Waals surface area (Å²) < 4.78 is 41.7. The molecule has 0 amide bonds. The molecule has 0 bridgehead atoms. The number of imidazole rings is 1. The van der Waals surface area contributed by atoms with Crippen LogP contribution in [0.3, 0.4) is 0 Å². The Morgan fingerprint density at radius 1 is 1.07 bits per heavy atom. The molecule has 0 saturated heterocycles. The van der Waals surface area contributed by atoms with E-state index in [2.05, 4.69) is 9.71 Å². The Balaban J connectivity index is 1.67. The smallest absolute Gasteiger partial charge is 0.266 e.